The summed E-state index contributed by atoms with van der Waals surface area (Å²) in [6, 6.07) is 6.64. The molecule has 0 aromatic rings. The Hall–Kier alpha value is -2.62. The van der Waals surface area contributed by atoms with Crippen LogP contribution in [0.2, 0.25) is 0 Å². The third kappa shape index (κ3) is 24.4. The minimum atomic E-state index is -0.472. The van der Waals surface area contributed by atoms with E-state index in [1.54, 1.807) is 31.2 Å². The van der Waals surface area contributed by atoms with E-state index in [0.29, 0.717) is 26.4 Å². The minimum absolute atomic E-state index is 0. The Morgan fingerprint density at radius 2 is 1.21 bits per heavy atom. The van der Waals surface area contributed by atoms with E-state index in [2.05, 4.69) is 4.74 Å². The number of allylic oxidation sites excluding steroid dienone is 1. The van der Waals surface area contributed by atoms with Crippen LogP contribution < -0.4 is 0 Å². The van der Waals surface area contributed by atoms with E-state index in [0.717, 1.165) is 6.26 Å². The highest BCUT2D eigenvalue weighted by molar-refractivity contribution is 5.33. The number of hydrogen-bond donors (Lipinski definition) is 0. The van der Waals surface area contributed by atoms with Gasteiger partial charge in [0.15, 0.2) is 5.57 Å². The van der Waals surface area contributed by atoms with Crippen LogP contribution in [0.3, 0.4) is 0 Å². The minimum Gasteiger partial charge on any atom is -0.499 e. The smallest absolute Gasteiger partial charge is 0.271 e. The van der Waals surface area contributed by atoms with Crippen molar-refractivity contribution in [1.82, 2.24) is 0 Å². The van der Waals surface area contributed by atoms with Crippen molar-refractivity contribution in [3.8, 4) is 24.3 Å². The molecular formula is C16H24N4O4. The van der Waals surface area contributed by atoms with Gasteiger partial charge in [0.1, 0.15) is 24.8 Å². The Bertz CT molecular complexity index is 424. The molecule has 0 saturated carbocycles. The van der Waals surface area contributed by atoms with Gasteiger partial charge in [-0.15, -0.1) is 0 Å². The van der Waals surface area contributed by atoms with Crippen molar-refractivity contribution < 1.29 is 18.9 Å². The molecule has 0 rings (SSSR count). The van der Waals surface area contributed by atoms with Crippen molar-refractivity contribution in [3.05, 3.63) is 11.8 Å². The summed E-state index contributed by atoms with van der Waals surface area (Å²) >= 11 is 0. The molecule has 0 spiro atoms. The topological polar surface area (TPSA) is 132 Å². The first-order valence-electron chi connectivity index (χ1n) is 7.32. The fourth-order valence-electron chi connectivity index (χ4n) is 0.832. The summed E-state index contributed by atoms with van der Waals surface area (Å²) in [7, 11) is 0. The summed E-state index contributed by atoms with van der Waals surface area (Å²) < 4.78 is 19.9. The van der Waals surface area contributed by atoms with Gasteiger partial charge in [-0.3, -0.25) is 0 Å². The number of rotatable bonds is 8. The molecule has 0 bridgehead atoms. The molecule has 0 heterocycles. The van der Waals surface area contributed by atoms with Crippen LogP contribution in [0, 0.1) is 45.3 Å². The van der Waals surface area contributed by atoms with E-state index < -0.39 is 6.48 Å². The van der Waals surface area contributed by atoms with E-state index in [9.17, 15) is 0 Å². The van der Waals surface area contributed by atoms with Crippen LogP contribution in [-0.4, -0.2) is 32.9 Å². The van der Waals surface area contributed by atoms with Gasteiger partial charge in [-0.1, -0.05) is 0 Å². The molecular weight excluding hydrogens is 312 g/mol. The molecule has 132 valence electrons. The van der Waals surface area contributed by atoms with Crippen molar-refractivity contribution >= 4 is 0 Å². The summed E-state index contributed by atoms with van der Waals surface area (Å²) in [5.74, 6) is 0. The van der Waals surface area contributed by atoms with Crippen molar-refractivity contribution in [2.24, 2.45) is 0 Å². The lowest BCUT2D eigenvalue weighted by molar-refractivity contribution is -0.282. The third-order valence-electron chi connectivity index (χ3n) is 1.68. The van der Waals surface area contributed by atoms with Crippen molar-refractivity contribution in [3.63, 3.8) is 0 Å². The maximum atomic E-state index is 8.13. The first-order chi connectivity index (χ1) is 11.6. The van der Waals surface area contributed by atoms with Crippen LogP contribution in [0.15, 0.2) is 11.8 Å². The zero-order chi connectivity index (χ0) is 19.1. The average Bonchev–Trinajstić information content (AvgIpc) is 2.58. The third-order valence-corrected chi connectivity index (χ3v) is 1.68. The summed E-state index contributed by atoms with van der Waals surface area (Å²) in [6.45, 7) is 9.36. The van der Waals surface area contributed by atoms with Crippen LogP contribution in [0.25, 0.3) is 0 Å². The fraction of sp³-hybridized carbons (Fsp3) is 0.625. The average molecular weight is 336 g/mol. The molecule has 0 aliphatic carbocycles. The molecule has 8 nitrogen and oxygen atoms in total. The lowest BCUT2D eigenvalue weighted by atomic mass is 10.4. The summed E-state index contributed by atoms with van der Waals surface area (Å²) in [5.41, 5.74) is -0.00292. The predicted octanol–water partition coefficient (Wildman–Crippen LogP) is 2.76. The lowest BCUT2D eigenvalue weighted by Gasteiger charge is -2.15. The molecule has 0 fully saturated rings. The second kappa shape index (κ2) is 25.3. The van der Waals surface area contributed by atoms with E-state index in [1.807, 2.05) is 20.8 Å². The molecule has 8 heteroatoms. The quantitative estimate of drug-likeness (QED) is 0.375. The number of ether oxygens (including phenoxy) is 4. The van der Waals surface area contributed by atoms with Crippen LogP contribution >= 0.6 is 0 Å². The Labute approximate surface area is 144 Å². The van der Waals surface area contributed by atoms with Crippen molar-refractivity contribution in [1.29, 1.82) is 21.0 Å². The molecule has 0 saturated heterocycles. The predicted molar refractivity (Wildman–Crippen MR) is 85.4 cm³/mol. The number of nitrogens with zero attached hydrogens (tertiary/aromatic N) is 4. The zero-order valence-electron chi connectivity index (χ0n) is 14.6. The summed E-state index contributed by atoms with van der Waals surface area (Å²) in [5, 5.41) is 31.5. The first-order valence-corrected chi connectivity index (χ1v) is 7.32. The molecule has 0 aromatic carbocycles. The van der Waals surface area contributed by atoms with Gasteiger partial charge in [-0.25, -0.2) is 0 Å². The van der Waals surface area contributed by atoms with Crippen LogP contribution in [0.1, 0.15) is 34.1 Å². The first kappa shape index (κ1) is 26.3. The largest absolute Gasteiger partial charge is 0.499 e. The van der Waals surface area contributed by atoms with Gasteiger partial charge in [0.05, 0.1) is 18.7 Å². The van der Waals surface area contributed by atoms with Gasteiger partial charge in [-0.2, -0.15) is 21.0 Å². The highest BCUT2D eigenvalue weighted by Gasteiger charge is 2.04. The molecule has 24 heavy (non-hydrogen) atoms. The number of hydrogen-bond acceptors (Lipinski definition) is 8. The normalized spacial score (nSPS) is 7.88. The van der Waals surface area contributed by atoms with E-state index in [4.69, 9.17) is 35.3 Å². The summed E-state index contributed by atoms with van der Waals surface area (Å²) in [4.78, 5) is 0. The second-order valence-corrected chi connectivity index (χ2v) is 3.36. The maximum absolute atomic E-state index is 8.13. The number of nitriles is 4. The van der Waals surface area contributed by atoms with Gasteiger partial charge < -0.3 is 18.9 Å². The van der Waals surface area contributed by atoms with E-state index in [-0.39, 0.29) is 12.0 Å². The second-order valence-electron chi connectivity index (χ2n) is 3.36. The van der Waals surface area contributed by atoms with Gasteiger partial charge in [-0.05, 0) is 27.7 Å². The van der Waals surface area contributed by atoms with Gasteiger partial charge in [0, 0.05) is 19.8 Å². The molecule has 0 aliphatic heterocycles. The van der Waals surface area contributed by atoms with Gasteiger partial charge in [0.2, 0.25) is 0 Å². The Kier molecular flexibility index (Phi) is 27.8. The molecule has 0 atom stereocenters. The Morgan fingerprint density at radius 3 is 1.42 bits per heavy atom. The maximum Gasteiger partial charge on any atom is 0.271 e. The monoisotopic (exact) mass is 336 g/mol. The molecule has 0 N–H and O–H groups in total. The molecule has 0 aromatic heterocycles. The molecule has 0 unspecified atom stereocenters. The molecule has 0 aliphatic rings. The van der Waals surface area contributed by atoms with Crippen molar-refractivity contribution in [2.45, 2.75) is 40.6 Å². The lowest BCUT2D eigenvalue weighted by Crippen LogP contribution is -2.20. The molecule has 0 radical (unpaired) electrons. The van der Waals surface area contributed by atoms with Crippen LogP contribution in [0.5, 0.6) is 0 Å². The standard InChI is InChI=1S/C7H16O3.C6H6N2O.C3H2N2/c1-4-8-7(9-5-2)10-6-3;1-2-9-5-6(3-7)4-8;4-2-1-3-5/h7H,4-6H2,1-3H3;5H,2H2,1H3;1H2. The highest BCUT2D eigenvalue weighted by Crippen LogP contribution is 1.96. The van der Waals surface area contributed by atoms with Crippen LogP contribution in [-0.2, 0) is 18.9 Å². The Balaban J connectivity index is -0.000000291. The SMILES string of the molecule is CCOC(OCC)OCC.CCOC=C(C#N)C#N.N#CCC#N. The van der Waals surface area contributed by atoms with E-state index >= 15 is 0 Å². The summed E-state index contributed by atoms with van der Waals surface area (Å²) in [6.07, 6.45) is 1.15. The fourth-order valence-corrected chi connectivity index (χ4v) is 0.832. The van der Waals surface area contributed by atoms with Gasteiger partial charge >= 0.3 is 0 Å². The zero-order valence-corrected chi connectivity index (χ0v) is 14.6. The van der Waals surface area contributed by atoms with Gasteiger partial charge in [0.25, 0.3) is 6.48 Å². The van der Waals surface area contributed by atoms with E-state index in [1.165, 1.54) is 0 Å². The highest BCUT2D eigenvalue weighted by atomic mass is 16.8. The molecule has 0 amide bonds. The Morgan fingerprint density at radius 1 is 0.792 bits per heavy atom. The van der Waals surface area contributed by atoms with Crippen LogP contribution in [0.4, 0.5) is 0 Å². The van der Waals surface area contributed by atoms with Crippen molar-refractivity contribution in [2.75, 3.05) is 26.4 Å².